The summed E-state index contributed by atoms with van der Waals surface area (Å²) in [6, 6.07) is 14.2. The Bertz CT molecular complexity index is 1680. The third kappa shape index (κ3) is 6.47. The summed E-state index contributed by atoms with van der Waals surface area (Å²) in [6.45, 7) is 3.76. The standard InChI is InChI=1S/C29H29F3N6O3S/c1-17-13-24(38-42(39,40)18(2)19-7-4-3-5-8-19)25(31)26(32)27(17)41-28-22(9-6-11-34-28)23-10-12-35-29(37-23)36-21-14-20(30)15-33-16-21/h3-13,18,20-21,33,38H,14-16H2,1-2H3,(H,35,36,37)/t18?,20-,21-/m0/s1. The van der Waals surface area contributed by atoms with Crippen LogP contribution in [-0.2, 0) is 10.0 Å². The van der Waals surface area contributed by atoms with Crippen molar-refractivity contribution >= 4 is 21.7 Å². The second kappa shape index (κ2) is 12.3. The number of ether oxygens (including phenoxy) is 1. The number of pyridine rings is 1. The number of halogens is 3. The molecule has 9 nitrogen and oxygen atoms in total. The molecule has 0 aliphatic carbocycles. The second-order valence-corrected chi connectivity index (χ2v) is 12.0. The molecule has 0 radical (unpaired) electrons. The van der Waals surface area contributed by atoms with Crippen LogP contribution in [-0.4, -0.2) is 48.7 Å². The van der Waals surface area contributed by atoms with E-state index >= 15 is 8.78 Å². The fourth-order valence-corrected chi connectivity index (χ4v) is 5.75. The van der Waals surface area contributed by atoms with E-state index in [1.165, 1.54) is 26.2 Å². The maximum atomic E-state index is 15.4. The van der Waals surface area contributed by atoms with Gasteiger partial charge in [0.25, 0.3) is 0 Å². The van der Waals surface area contributed by atoms with Gasteiger partial charge in [-0.1, -0.05) is 30.3 Å². The summed E-state index contributed by atoms with van der Waals surface area (Å²) >= 11 is 0. The number of alkyl halides is 1. The number of hydrogen-bond donors (Lipinski definition) is 3. The molecule has 3 atom stereocenters. The average Bonchev–Trinajstić information content (AvgIpc) is 2.98. The van der Waals surface area contributed by atoms with Crippen LogP contribution in [0.4, 0.5) is 24.8 Å². The third-order valence-corrected chi connectivity index (χ3v) is 8.57. The molecular formula is C29H29F3N6O3S. The topological polar surface area (TPSA) is 118 Å². The highest BCUT2D eigenvalue weighted by atomic mass is 32.2. The average molecular weight is 599 g/mol. The molecule has 1 aliphatic heterocycles. The summed E-state index contributed by atoms with van der Waals surface area (Å²) in [6.07, 6.45) is 2.26. The molecule has 5 rings (SSSR count). The molecule has 0 amide bonds. The number of benzene rings is 2. The highest BCUT2D eigenvalue weighted by molar-refractivity contribution is 7.92. The molecule has 2 aromatic carbocycles. The smallest absolute Gasteiger partial charge is 0.239 e. The van der Waals surface area contributed by atoms with E-state index in [-0.39, 0.29) is 23.4 Å². The van der Waals surface area contributed by atoms with Crippen molar-refractivity contribution in [1.82, 2.24) is 20.3 Å². The number of hydrogen-bond acceptors (Lipinski definition) is 8. The molecule has 1 fully saturated rings. The highest BCUT2D eigenvalue weighted by Gasteiger charge is 2.27. The highest BCUT2D eigenvalue weighted by Crippen LogP contribution is 2.37. The van der Waals surface area contributed by atoms with Crippen molar-refractivity contribution in [1.29, 1.82) is 0 Å². The quantitative estimate of drug-likeness (QED) is 0.230. The zero-order chi connectivity index (χ0) is 29.9. The van der Waals surface area contributed by atoms with Gasteiger partial charge in [0.2, 0.25) is 27.7 Å². The van der Waals surface area contributed by atoms with Crippen LogP contribution in [0.5, 0.6) is 11.6 Å². The molecule has 1 unspecified atom stereocenters. The number of rotatable bonds is 9. The van der Waals surface area contributed by atoms with Gasteiger partial charge in [-0.15, -0.1) is 0 Å². The lowest BCUT2D eigenvalue weighted by Crippen LogP contribution is -2.44. The molecule has 3 N–H and O–H groups in total. The molecule has 2 aromatic heterocycles. The van der Waals surface area contributed by atoms with E-state index in [1.807, 2.05) is 0 Å². The second-order valence-electron chi connectivity index (χ2n) is 9.95. The van der Waals surface area contributed by atoms with Crippen molar-refractivity contribution in [3.63, 3.8) is 0 Å². The summed E-state index contributed by atoms with van der Waals surface area (Å²) in [5.41, 5.74) is 0.838. The number of nitrogens with zero attached hydrogens (tertiary/aromatic N) is 3. The van der Waals surface area contributed by atoms with Gasteiger partial charge in [-0.05, 0) is 49.2 Å². The van der Waals surface area contributed by atoms with Crippen LogP contribution in [0.3, 0.4) is 0 Å². The van der Waals surface area contributed by atoms with Crippen LogP contribution in [0.2, 0.25) is 0 Å². The first kappa shape index (κ1) is 29.3. The lowest BCUT2D eigenvalue weighted by atomic mass is 10.1. The minimum Gasteiger partial charge on any atom is -0.435 e. The first-order chi connectivity index (χ1) is 20.1. The van der Waals surface area contributed by atoms with Crippen LogP contribution < -0.4 is 20.1 Å². The van der Waals surface area contributed by atoms with Gasteiger partial charge in [-0.2, -0.15) is 4.39 Å². The molecule has 0 saturated carbocycles. The largest absolute Gasteiger partial charge is 0.435 e. The van der Waals surface area contributed by atoms with Crippen molar-refractivity contribution in [2.24, 2.45) is 0 Å². The van der Waals surface area contributed by atoms with Crippen molar-refractivity contribution in [2.75, 3.05) is 23.1 Å². The third-order valence-electron chi connectivity index (χ3n) is 6.87. The Morgan fingerprint density at radius 1 is 1.02 bits per heavy atom. The van der Waals surface area contributed by atoms with Crippen molar-refractivity contribution < 1.29 is 26.3 Å². The number of nitrogens with one attached hydrogen (secondary N) is 3. The zero-order valence-electron chi connectivity index (χ0n) is 22.8. The molecule has 1 aliphatic rings. The molecule has 4 aromatic rings. The van der Waals surface area contributed by atoms with Crippen molar-refractivity contribution in [3.05, 3.63) is 89.8 Å². The molecule has 0 spiro atoms. The first-order valence-corrected chi connectivity index (χ1v) is 14.8. The van der Waals surface area contributed by atoms with Gasteiger partial charge in [0, 0.05) is 37.9 Å². The van der Waals surface area contributed by atoms with Crippen LogP contribution >= 0.6 is 0 Å². The predicted molar refractivity (Wildman–Crippen MR) is 154 cm³/mol. The van der Waals surface area contributed by atoms with E-state index in [0.29, 0.717) is 36.3 Å². The van der Waals surface area contributed by atoms with Crippen LogP contribution in [0.15, 0.2) is 67.0 Å². The summed E-state index contributed by atoms with van der Waals surface area (Å²) in [5, 5.41) is 5.09. The van der Waals surface area contributed by atoms with Crippen LogP contribution in [0.25, 0.3) is 11.3 Å². The van der Waals surface area contributed by atoms with Gasteiger partial charge < -0.3 is 15.4 Å². The predicted octanol–water partition coefficient (Wildman–Crippen LogP) is 5.53. The summed E-state index contributed by atoms with van der Waals surface area (Å²) in [4.78, 5) is 12.9. The zero-order valence-corrected chi connectivity index (χ0v) is 23.6. The minimum atomic E-state index is -4.11. The molecule has 1 saturated heterocycles. The SMILES string of the molecule is Cc1cc(NS(=O)(=O)C(C)c2ccccc2)c(F)c(F)c1Oc1ncccc1-c1ccnc(N[C@@H]2CNC[C@@H](F)C2)n1. The fourth-order valence-electron chi connectivity index (χ4n) is 4.60. The number of aryl methyl sites for hydroxylation is 1. The first-order valence-electron chi connectivity index (χ1n) is 13.2. The van der Waals surface area contributed by atoms with Crippen molar-refractivity contribution in [3.8, 4) is 22.9 Å². The Morgan fingerprint density at radius 3 is 2.57 bits per heavy atom. The van der Waals surface area contributed by atoms with Gasteiger partial charge >= 0.3 is 0 Å². The van der Waals surface area contributed by atoms with Gasteiger partial charge in [0.05, 0.1) is 16.9 Å². The molecule has 220 valence electrons. The van der Waals surface area contributed by atoms with E-state index in [0.717, 1.165) is 6.07 Å². The number of sulfonamides is 1. The van der Waals surface area contributed by atoms with E-state index in [9.17, 15) is 12.8 Å². The van der Waals surface area contributed by atoms with Gasteiger partial charge in [-0.25, -0.2) is 32.2 Å². The molecule has 3 heterocycles. The molecule has 13 heteroatoms. The lowest BCUT2D eigenvalue weighted by Gasteiger charge is -2.26. The minimum absolute atomic E-state index is 0.0577. The fraction of sp³-hybridized carbons (Fsp3) is 0.276. The lowest BCUT2D eigenvalue weighted by molar-refractivity contribution is 0.254. The van der Waals surface area contributed by atoms with E-state index in [1.54, 1.807) is 48.5 Å². The monoisotopic (exact) mass is 598 g/mol. The van der Waals surface area contributed by atoms with E-state index < -0.39 is 44.5 Å². The Hall–Kier alpha value is -4.23. The summed E-state index contributed by atoms with van der Waals surface area (Å²) in [7, 11) is -4.11. The number of piperidine rings is 1. The maximum absolute atomic E-state index is 15.4. The number of anilines is 2. The Morgan fingerprint density at radius 2 is 1.81 bits per heavy atom. The van der Waals surface area contributed by atoms with E-state index in [4.69, 9.17) is 4.74 Å². The molecule has 0 bridgehead atoms. The number of aromatic nitrogens is 3. The Kier molecular flexibility index (Phi) is 8.59. The van der Waals surface area contributed by atoms with Crippen LogP contribution in [0.1, 0.15) is 29.7 Å². The summed E-state index contributed by atoms with van der Waals surface area (Å²) in [5.74, 6) is -3.05. The van der Waals surface area contributed by atoms with Crippen molar-refractivity contribution in [2.45, 2.75) is 37.7 Å². The van der Waals surface area contributed by atoms with Crippen LogP contribution in [0, 0.1) is 18.6 Å². The maximum Gasteiger partial charge on any atom is 0.239 e. The van der Waals surface area contributed by atoms with E-state index in [2.05, 4.69) is 30.3 Å². The van der Waals surface area contributed by atoms with Gasteiger partial charge in [0.1, 0.15) is 11.4 Å². The Labute approximate surface area is 241 Å². The van der Waals surface area contributed by atoms with Gasteiger partial charge in [0.15, 0.2) is 11.6 Å². The summed E-state index contributed by atoms with van der Waals surface area (Å²) < 4.78 is 78.2. The molecular weight excluding hydrogens is 569 g/mol. The normalized spacial score (nSPS) is 17.8. The van der Waals surface area contributed by atoms with Gasteiger partial charge in [-0.3, -0.25) is 4.72 Å². The Balaban J connectivity index is 1.39. The molecule has 42 heavy (non-hydrogen) atoms.